The van der Waals surface area contributed by atoms with Crippen LogP contribution in [0.4, 0.5) is 5.69 Å². The van der Waals surface area contributed by atoms with Crippen molar-refractivity contribution in [2.45, 2.75) is 6.61 Å². The summed E-state index contributed by atoms with van der Waals surface area (Å²) >= 11 is 0. The van der Waals surface area contributed by atoms with Gasteiger partial charge in [-0.3, -0.25) is 0 Å². The molecule has 0 spiro atoms. The van der Waals surface area contributed by atoms with Crippen molar-refractivity contribution >= 4 is 5.69 Å². The lowest BCUT2D eigenvalue weighted by Crippen LogP contribution is -2.21. The van der Waals surface area contributed by atoms with Crippen molar-refractivity contribution in [2.75, 3.05) is 18.6 Å². The molecule has 0 radical (unpaired) electrons. The van der Waals surface area contributed by atoms with Crippen molar-refractivity contribution in [2.24, 2.45) is 0 Å². The Morgan fingerprint density at radius 2 is 2.21 bits per heavy atom. The number of nitrogens with zero attached hydrogens (tertiary/aromatic N) is 2. The van der Waals surface area contributed by atoms with Crippen LogP contribution in [0.1, 0.15) is 5.56 Å². The first-order valence-corrected chi connectivity index (χ1v) is 4.64. The minimum Gasteiger partial charge on any atom is -0.392 e. The van der Waals surface area contributed by atoms with Crippen LogP contribution in [-0.2, 0) is 6.61 Å². The van der Waals surface area contributed by atoms with E-state index in [0.717, 1.165) is 17.9 Å². The second kappa shape index (κ2) is 3.72. The van der Waals surface area contributed by atoms with E-state index in [1.807, 2.05) is 43.7 Å². The second-order valence-corrected chi connectivity index (χ2v) is 3.49. The van der Waals surface area contributed by atoms with E-state index >= 15 is 0 Å². The van der Waals surface area contributed by atoms with E-state index in [1.54, 1.807) is 0 Å². The molecule has 3 nitrogen and oxygen atoms in total. The first-order valence-electron chi connectivity index (χ1n) is 4.64. The molecule has 0 fully saturated rings. The predicted molar refractivity (Wildman–Crippen MR) is 56.6 cm³/mol. The third kappa shape index (κ3) is 1.72. The molecule has 0 amide bonds. The highest BCUT2D eigenvalue weighted by molar-refractivity contribution is 5.51. The number of aliphatic hydroxyl groups excluding tert-OH is 1. The van der Waals surface area contributed by atoms with Crippen molar-refractivity contribution in [3.8, 4) is 0 Å². The Balaban J connectivity index is 2.20. The summed E-state index contributed by atoms with van der Waals surface area (Å²) < 4.78 is 0. The van der Waals surface area contributed by atoms with Gasteiger partial charge >= 0.3 is 0 Å². The Bertz CT molecular complexity index is 349. The van der Waals surface area contributed by atoms with Crippen LogP contribution >= 0.6 is 0 Å². The van der Waals surface area contributed by atoms with Gasteiger partial charge in [0.15, 0.2) is 0 Å². The lowest BCUT2D eigenvalue weighted by atomic mass is 10.2. The standard InChI is InChI=1S/C11H14N2O/c1-12-5-6-13(9-12)11-4-2-3-10(7-11)8-14/h2-7,14H,8-9H2,1H3. The van der Waals surface area contributed by atoms with E-state index in [9.17, 15) is 0 Å². The normalized spacial score (nSPS) is 15.3. The Labute approximate surface area is 83.9 Å². The molecule has 14 heavy (non-hydrogen) atoms. The average molecular weight is 190 g/mol. The maximum atomic E-state index is 9.01. The Kier molecular flexibility index (Phi) is 2.41. The van der Waals surface area contributed by atoms with Gasteiger partial charge in [0.1, 0.15) is 0 Å². The SMILES string of the molecule is CN1C=CN(c2cccc(CO)c2)C1. The molecule has 0 bridgehead atoms. The van der Waals surface area contributed by atoms with Crippen molar-refractivity contribution in [1.82, 2.24) is 4.90 Å². The van der Waals surface area contributed by atoms with Crippen LogP contribution in [0.25, 0.3) is 0 Å². The van der Waals surface area contributed by atoms with Gasteiger partial charge in [0.25, 0.3) is 0 Å². The monoisotopic (exact) mass is 190 g/mol. The highest BCUT2D eigenvalue weighted by atomic mass is 16.3. The van der Waals surface area contributed by atoms with Gasteiger partial charge in [-0.2, -0.15) is 0 Å². The molecular formula is C11H14N2O. The number of rotatable bonds is 2. The molecule has 1 heterocycles. The summed E-state index contributed by atoms with van der Waals surface area (Å²) in [6.07, 6.45) is 4.07. The molecule has 0 unspecified atom stereocenters. The van der Waals surface area contributed by atoms with Crippen LogP contribution in [0.15, 0.2) is 36.7 Å². The first kappa shape index (κ1) is 9.09. The van der Waals surface area contributed by atoms with Crippen LogP contribution in [-0.4, -0.2) is 23.7 Å². The van der Waals surface area contributed by atoms with E-state index < -0.39 is 0 Å². The molecule has 1 N–H and O–H groups in total. The topological polar surface area (TPSA) is 26.7 Å². The third-order valence-electron chi connectivity index (χ3n) is 2.30. The molecule has 0 saturated heterocycles. The number of aliphatic hydroxyl groups is 1. The van der Waals surface area contributed by atoms with Gasteiger partial charge in [-0.15, -0.1) is 0 Å². The summed E-state index contributed by atoms with van der Waals surface area (Å²) in [5.74, 6) is 0. The molecule has 0 saturated carbocycles. The summed E-state index contributed by atoms with van der Waals surface area (Å²) in [6, 6.07) is 7.94. The molecule has 2 rings (SSSR count). The van der Waals surface area contributed by atoms with Crippen LogP contribution in [0, 0.1) is 0 Å². The van der Waals surface area contributed by atoms with Crippen LogP contribution in [0.5, 0.6) is 0 Å². The number of hydrogen-bond donors (Lipinski definition) is 1. The maximum absolute atomic E-state index is 9.01. The largest absolute Gasteiger partial charge is 0.392 e. The highest BCUT2D eigenvalue weighted by Gasteiger charge is 2.10. The van der Waals surface area contributed by atoms with E-state index in [1.165, 1.54) is 0 Å². The van der Waals surface area contributed by atoms with Crippen LogP contribution in [0.2, 0.25) is 0 Å². The fraction of sp³-hybridized carbons (Fsp3) is 0.273. The maximum Gasteiger partial charge on any atom is 0.0938 e. The van der Waals surface area contributed by atoms with Gasteiger partial charge in [0.2, 0.25) is 0 Å². The van der Waals surface area contributed by atoms with Gasteiger partial charge in [-0.05, 0) is 17.7 Å². The molecular weight excluding hydrogens is 176 g/mol. The van der Waals surface area contributed by atoms with Gasteiger partial charge in [0, 0.05) is 25.1 Å². The van der Waals surface area contributed by atoms with Crippen molar-refractivity contribution in [1.29, 1.82) is 0 Å². The fourth-order valence-corrected chi connectivity index (χ4v) is 1.53. The third-order valence-corrected chi connectivity index (χ3v) is 2.30. The van der Waals surface area contributed by atoms with Gasteiger partial charge in [-0.1, -0.05) is 12.1 Å². The number of anilines is 1. The zero-order valence-electron chi connectivity index (χ0n) is 8.22. The van der Waals surface area contributed by atoms with Gasteiger partial charge < -0.3 is 14.9 Å². The lowest BCUT2D eigenvalue weighted by molar-refractivity contribution is 0.282. The van der Waals surface area contributed by atoms with Crippen LogP contribution in [0.3, 0.4) is 0 Å². The quantitative estimate of drug-likeness (QED) is 0.762. The summed E-state index contributed by atoms with van der Waals surface area (Å²) in [5.41, 5.74) is 2.07. The average Bonchev–Trinajstić information content (AvgIpc) is 2.65. The van der Waals surface area contributed by atoms with E-state index in [2.05, 4.69) is 9.80 Å². The van der Waals surface area contributed by atoms with Crippen LogP contribution < -0.4 is 4.90 Å². The van der Waals surface area contributed by atoms with Gasteiger partial charge in [0.05, 0.1) is 13.3 Å². The van der Waals surface area contributed by atoms with E-state index in [4.69, 9.17) is 5.11 Å². The molecule has 3 heteroatoms. The first-order chi connectivity index (χ1) is 6.79. The summed E-state index contributed by atoms with van der Waals surface area (Å²) in [5, 5.41) is 9.01. The lowest BCUT2D eigenvalue weighted by Gasteiger charge is -2.18. The second-order valence-electron chi connectivity index (χ2n) is 3.49. The minimum absolute atomic E-state index is 0.0984. The number of benzene rings is 1. The molecule has 1 aromatic carbocycles. The molecule has 74 valence electrons. The summed E-state index contributed by atoms with van der Waals surface area (Å²) in [4.78, 5) is 4.24. The Morgan fingerprint density at radius 1 is 1.36 bits per heavy atom. The fourth-order valence-electron chi connectivity index (χ4n) is 1.53. The zero-order valence-corrected chi connectivity index (χ0v) is 8.22. The summed E-state index contributed by atoms with van der Waals surface area (Å²) in [7, 11) is 2.03. The van der Waals surface area contributed by atoms with E-state index in [0.29, 0.717) is 0 Å². The van der Waals surface area contributed by atoms with Crippen molar-refractivity contribution in [3.63, 3.8) is 0 Å². The smallest absolute Gasteiger partial charge is 0.0938 e. The molecule has 0 aromatic heterocycles. The molecule has 1 aliphatic rings. The molecule has 0 aliphatic carbocycles. The van der Waals surface area contributed by atoms with Crippen molar-refractivity contribution < 1.29 is 5.11 Å². The summed E-state index contributed by atoms with van der Waals surface area (Å²) in [6.45, 7) is 0.968. The molecule has 0 atom stereocenters. The van der Waals surface area contributed by atoms with Crippen molar-refractivity contribution in [3.05, 3.63) is 42.2 Å². The zero-order chi connectivity index (χ0) is 9.97. The molecule has 1 aromatic rings. The van der Waals surface area contributed by atoms with Gasteiger partial charge in [-0.25, -0.2) is 0 Å². The minimum atomic E-state index is 0.0984. The van der Waals surface area contributed by atoms with E-state index in [-0.39, 0.29) is 6.61 Å². The molecule has 1 aliphatic heterocycles. The highest BCUT2D eigenvalue weighted by Crippen LogP contribution is 2.19. The Morgan fingerprint density at radius 3 is 2.86 bits per heavy atom. The Hall–Kier alpha value is -1.48. The number of hydrogen-bond acceptors (Lipinski definition) is 3. The predicted octanol–water partition coefficient (Wildman–Crippen LogP) is 1.36.